The van der Waals surface area contributed by atoms with E-state index in [1.807, 2.05) is 26.0 Å². The summed E-state index contributed by atoms with van der Waals surface area (Å²) in [6.07, 6.45) is 6.03. The van der Waals surface area contributed by atoms with Gasteiger partial charge in [0.1, 0.15) is 37.2 Å². The van der Waals surface area contributed by atoms with E-state index in [1.165, 1.54) is 13.3 Å². The van der Waals surface area contributed by atoms with Crippen LogP contribution in [0.4, 0.5) is 40.4 Å². The monoisotopic (exact) mass is 1390 g/mol. The molecule has 2 atom stereocenters. The number of anilines is 2. The van der Waals surface area contributed by atoms with Crippen molar-refractivity contribution < 1.29 is 67.1 Å². The molecule has 0 radical (unpaired) electrons. The number of nitrogens with zero attached hydrogens (tertiary/aromatic N) is 8. The highest BCUT2D eigenvalue weighted by molar-refractivity contribution is 14.1. The summed E-state index contributed by atoms with van der Waals surface area (Å²) in [6, 6.07) is -0.479. The first kappa shape index (κ1) is 70.4. The van der Waals surface area contributed by atoms with Gasteiger partial charge in [0.25, 0.3) is 0 Å². The van der Waals surface area contributed by atoms with Crippen LogP contribution >= 0.6 is 54.5 Å². The number of halogens is 3. The van der Waals surface area contributed by atoms with E-state index >= 15 is 0 Å². The van der Waals surface area contributed by atoms with Crippen molar-refractivity contribution in [1.82, 2.24) is 40.2 Å². The SMILES string of the molecule is COC(=O)CCCCC/C=C/c1cnc(N(C(=O)OC(C)(C)C)C(=O)OC(C)(C)C)c2c(Br)nn(CC[C@@H](C)NC(=O)OC(C)(C)C)c12.C[C@H](CCn1nc(Br)c2c(N(C(=O)O)C(=O)OC(C)(C)C)ncc(I)c21)NC(=O)OC(C)(C)C. The van der Waals surface area contributed by atoms with Gasteiger partial charge < -0.3 is 44.2 Å². The summed E-state index contributed by atoms with van der Waals surface area (Å²) in [5.74, 6) is -0.345. The van der Waals surface area contributed by atoms with Crippen molar-refractivity contribution in [3.8, 4) is 0 Å². The number of aromatic nitrogens is 6. The number of fused-ring (bicyclic) bond motifs is 2. The molecule has 0 saturated heterocycles. The Bertz CT molecular complexity index is 2920. The third kappa shape index (κ3) is 23.1. The first-order chi connectivity index (χ1) is 37.6. The Hall–Kier alpha value is -5.84. The van der Waals surface area contributed by atoms with Crippen LogP contribution in [0.3, 0.4) is 0 Å². The molecule has 0 fully saturated rings. The van der Waals surface area contributed by atoms with Crippen molar-refractivity contribution in [3.05, 3.63) is 36.8 Å². The van der Waals surface area contributed by atoms with E-state index in [0.29, 0.717) is 77.4 Å². The van der Waals surface area contributed by atoms with Gasteiger partial charge >= 0.3 is 42.5 Å². The van der Waals surface area contributed by atoms with E-state index in [1.54, 1.807) is 119 Å². The molecule has 0 bridgehead atoms. The molecule has 0 aromatic carbocycles. The number of allylic oxidation sites excluding steroid dienone is 1. The van der Waals surface area contributed by atoms with E-state index in [9.17, 15) is 38.7 Å². The third-order valence-electron chi connectivity index (χ3n) is 10.6. The molecule has 4 aromatic rings. The average Bonchev–Trinajstić information content (AvgIpc) is 3.95. The van der Waals surface area contributed by atoms with Crippen molar-refractivity contribution >= 4 is 136 Å². The fourth-order valence-electron chi connectivity index (χ4n) is 7.32. The fourth-order valence-corrected chi connectivity index (χ4v) is 9.12. The maximum absolute atomic E-state index is 13.5. The van der Waals surface area contributed by atoms with Crippen LogP contribution in [-0.2, 0) is 46.3 Å². The third-order valence-corrected chi connectivity index (χ3v) is 12.5. The lowest BCUT2D eigenvalue weighted by molar-refractivity contribution is -0.140. The highest BCUT2D eigenvalue weighted by atomic mass is 127. The van der Waals surface area contributed by atoms with Crippen LogP contribution in [0.2, 0.25) is 0 Å². The summed E-state index contributed by atoms with van der Waals surface area (Å²) >= 11 is 8.99. The number of ether oxygens (including phenoxy) is 6. The lowest BCUT2D eigenvalue weighted by Gasteiger charge is -2.28. The number of rotatable bonds is 17. The van der Waals surface area contributed by atoms with Crippen LogP contribution in [0.5, 0.6) is 0 Å². The summed E-state index contributed by atoms with van der Waals surface area (Å²) in [6.45, 7) is 30.4. The number of imide groups is 2. The molecule has 3 N–H and O–H groups in total. The Balaban J connectivity index is 0.000000456. The summed E-state index contributed by atoms with van der Waals surface area (Å²) in [5.41, 5.74) is -2.05. The topological polar surface area (TPSA) is 287 Å². The first-order valence-corrected chi connectivity index (χ1v) is 29.3. The van der Waals surface area contributed by atoms with Gasteiger partial charge in [0.05, 0.1) is 32.5 Å². The van der Waals surface area contributed by atoms with Crippen LogP contribution in [0, 0.1) is 3.57 Å². The zero-order valence-electron chi connectivity index (χ0n) is 50.3. The number of alkyl carbamates (subject to hydrolysis) is 2. The van der Waals surface area contributed by atoms with Crippen molar-refractivity contribution in [3.63, 3.8) is 0 Å². The molecule has 4 rings (SSSR count). The number of esters is 1. The standard InChI is InChI=1S/C34H52BrN5O8.C21H29BrIN5O6/c1-22(37-29(42)46-32(2,3)4)19-20-39-26-23(17-15-13-12-14-16-18-24(41)45-11)21-36-28(25(26)27(35)38-39)40(30(43)47-33(5,6)7)31(44)48-34(8,9)10;1-11(25-17(29)33-20(2,3)4)8-9-27-14-12(23)10-24-16(13(14)15(22)26-27)28(18(30)31)19(32)34-21(5,6)7/h15,17,21-22H,12-14,16,18-20H2,1-11H3,(H,37,42);10-11H,8-9H2,1-7H3,(H,25,29)(H,30,31)/b17-15+;/t22-;11-/m11/s1. The number of amides is 6. The van der Waals surface area contributed by atoms with Gasteiger partial charge in [-0.1, -0.05) is 18.6 Å². The number of hydrogen-bond acceptors (Lipinski definition) is 17. The second kappa shape index (κ2) is 29.6. The number of methoxy groups -OCH3 is 1. The maximum atomic E-state index is 13.5. The van der Waals surface area contributed by atoms with Crippen molar-refractivity contribution in [2.75, 3.05) is 16.9 Å². The number of carboxylic acid groups (broad SMARTS) is 1. The predicted octanol–water partition coefficient (Wildman–Crippen LogP) is 13.8. The van der Waals surface area contributed by atoms with Gasteiger partial charge in [0.15, 0.2) is 11.6 Å². The number of nitrogens with one attached hydrogen (secondary N) is 2. The minimum Gasteiger partial charge on any atom is -0.469 e. The summed E-state index contributed by atoms with van der Waals surface area (Å²) in [4.78, 5) is 97.5. The highest BCUT2D eigenvalue weighted by Crippen LogP contribution is 2.37. The largest absolute Gasteiger partial charge is 0.469 e. The lowest BCUT2D eigenvalue weighted by atomic mass is 10.1. The summed E-state index contributed by atoms with van der Waals surface area (Å²) in [5, 5.41) is 25.3. The molecule has 0 aliphatic heterocycles. The molecule has 4 aromatic heterocycles. The van der Waals surface area contributed by atoms with Gasteiger partial charge in [0, 0.05) is 49.6 Å². The van der Waals surface area contributed by atoms with E-state index in [4.69, 9.17) is 33.5 Å². The maximum Gasteiger partial charge on any atom is 0.425 e. The molecule has 456 valence electrons. The highest BCUT2D eigenvalue weighted by Gasteiger charge is 2.37. The molecule has 27 heteroatoms. The van der Waals surface area contributed by atoms with Crippen molar-refractivity contribution in [1.29, 1.82) is 0 Å². The number of pyridine rings is 2. The van der Waals surface area contributed by atoms with Gasteiger partial charge in [-0.15, -0.1) is 0 Å². The van der Waals surface area contributed by atoms with Gasteiger partial charge in [-0.25, -0.2) is 38.7 Å². The number of carbonyl (C=O) groups is 7. The molecule has 0 unspecified atom stereocenters. The minimum absolute atomic E-state index is 0.00786. The number of hydrogen-bond donors (Lipinski definition) is 3. The molecular formula is C55H81Br2IN10O14. The number of aryl methyl sites for hydroxylation is 2. The van der Waals surface area contributed by atoms with Crippen LogP contribution in [0.25, 0.3) is 27.9 Å². The molecule has 82 heavy (non-hydrogen) atoms. The molecule has 6 amide bonds. The predicted molar refractivity (Wildman–Crippen MR) is 326 cm³/mol. The number of unbranched alkanes of at least 4 members (excludes halogenated alkanes) is 3. The van der Waals surface area contributed by atoms with Crippen molar-refractivity contribution in [2.45, 2.75) is 216 Å². The fraction of sp³-hybridized carbons (Fsp3) is 0.618. The molecule has 24 nitrogen and oxygen atoms in total. The van der Waals surface area contributed by atoms with Gasteiger partial charge in [0.2, 0.25) is 0 Å². The Morgan fingerprint density at radius 3 is 1.45 bits per heavy atom. The quantitative estimate of drug-likeness (QED) is 0.0383. The van der Waals surface area contributed by atoms with E-state index in [2.05, 4.69) is 80.2 Å². The average molecular weight is 1390 g/mol. The second-order valence-corrected chi connectivity index (χ2v) is 26.8. The van der Waals surface area contributed by atoms with Crippen LogP contribution in [-0.4, -0.2) is 124 Å². The van der Waals surface area contributed by atoms with E-state index in [0.717, 1.165) is 30.6 Å². The summed E-state index contributed by atoms with van der Waals surface area (Å²) < 4.78 is 36.7. The Kier molecular flexibility index (Phi) is 25.4. The molecular weight excluding hydrogens is 1310 g/mol. The Morgan fingerprint density at radius 1 is 0.622 bits per heavy atom. The van der Waals surface area contributed by atoms with E-state index in [-0.39, 0.29) is 29.7 Å². The number of carbonyl (C=O) groups excluding carboxylic acids is 6. The zero-order valence-corrected chi connectivity index (χ0v) is 55.6. The van der Waals surface area contributed by atoms with Gasteiger partial charge in [-0.2, -0.15) is 20.0 Å². The molecule has 0 aliphatic carbocycles. The zero-order chi connectivity index (χ0) is 62.5. The molecule has 0 spiro atoms. The molecule has 0 saturated carbocycles. The Morgan fingerprint density at radius 2 is 1.02 bits per heavy atom. The van der Waals surface area contributed by atoms with Crippen molar-refractivity contribution in [2.24, 2.45) is 0 Å². The van der Waals surface area contributed by atoms with E-state index < -0.39 is 64.6 Å². The molecule has 4 heterocycles. The smallest absolute Gasteiger partial charge is 0.425 e. The second-order valence-electron chi connectivity index (χ2n) is 24.1. The normalized spacial score (nSPS) is 12.9. The van der Waals surface area contributed by atoms with Crippen LogP contribution in [0.1, 0.15) is 168 Å². The Labute approximate surface area is 510 Å². The van der Waals surface area contributed by atoms with Gasteiger partial charge in [-0.3, -0.25) is 14.2 Å². The van der Waals surface area contributed by atoms with Crippen LogP contribution < -0.4 is 20.4 Å². The molecule has 0 aliphatic rings. The van der Waals surface area contributed by atoms with Gasteiger partial charge in [-0.05, 0) is 204 Å². The first-order valence-electron chi connectivity index (χ1n) is 26.6. The minimum atomic E-state index is -1.53. The van der Waals surface area contributed by atoms with Crippen LogP contribution in [0.15, 0.2) is 27.7 Å². The summed E-state index contributed by atoms with van der Waals surface area (Å²) in [7, 11) is 1.38. The lowest BCUT2D eigenvalue weighted by Crippen LogP contribution is -2.44.